The molecular weight excluding hydrogens is 563 g/mol. The Balaban J connectivity index is 1.59. The van der Waals surface area contributed by atoms with Crippen LogP contribution in [0.5, 0.6) is 11.5 Å². The molecule has 210 valence electrons. The van der Waals surface area contributed by atoms with E-state index in [1.165, 1.54) is 54.6 Å². The van der Waals surface area contributed by atoms with E-state index in [1.807, 2.05) is 5.32 Å². The smallest absolute Gasteiger partial charge is 0.335 e. The first kappa shape index (κ1) is 28.7. The highest BCUT2D eigenvalue weighted by Gasteiger charge is 2.37. The fraction of sp³-hybridized carbons (Fsp3) is 0.111. The number of anilines is 2. The van der Waals surface area contributed by atoms with Gasteiger partial charge in [0, 0.05) is 17.8 Å². The molecule has 1 fully saturated rings. The minimum absolute atomic E-state index is 0.0118. The number of nitrogens with zero attached hydrogens (tertiary/aromatic N) is 2. The number of amides is 5. The maximum atomic E-state index is 13.2. The van der Waals surface area contributed by atoms with E-state index >= 15 is 0 Å². The maximum Gasteiger partial charge on any atom is 0.335 e. The van der Waals surface area contributed by atoms with Crippen LogP contribution in [0.15, 0.2) is 66.2 Å². The van der Waals surface area contributed by atoms with E-state index in [0.717, 1.165) is 12.1 Å². The maximum absolute atomic E-state index is 13.2. The molecule has 41 heavy (non-hydrogen) atoms. The van der Waals surface area contributed by atoms with Crippen molar-refractivity contribution in [3.05, 3.63) is 92.8 Å². The van der Waals surface area contributed by atoms with Gasteiger partial charge in [-0.1, -0.05) is 17.7 Å². The fourth-order valence-corrected chi connectivity index (χ4v) is 4.02. The van der Waals surface area contributed by atoms with Crippen LogP contribution in [0, 0.1) is 15.9 Å². The van der Waals surface area contributed by atoms with Gasteiger partial charge in [-0.05, 0) is 61.0 Å². The molecule has 1 saturated heterocycles. The summed E-state index contributed by atoms with van der Waals surface area (Å²) in [5, 5.41) is 15.7. The van der Waals surface area contributed by atoms with Gasteiger partial charge in [-0.3, -0.25) is 29.8 Å². The number of carbonyl (C=O) groups is 4. The van der Waals surface area contributed by atoms with Crippen molar-refractivity contribution in [3.63, 3.8) is 0 Å². The summed E-state index contributed by atoms with van der Waals surface area (Å²) in [7, 11) is 0. The van der Waals surface area contributed by atoms with Crippen molar-refractivity contribution in [1.29, 1.82) is 0 Å². The number of nitrogens with one attached hydrogen (secondary N) is 2. The molecular formula is C27H20ClFN4O8. The van der Waals surface area contributed by atoms with Gasteiger partial charge < -0.3 is 14.8 Å². The number of nitro groups is 1. The third kappa shape index (κ3) is 6.65. The lowest BCUT2D eigenvalue weighted by Gasteiger charge is -2.26. The van der Waals surface area contributed by atoms with Gasteiger partial charge in [-0.25, -0.2) is 14.1 Å². The molecule has 0 aromatic heterocycles. The molecule has 4 rings (SSSR count). The molecule has 0 bridgehead atoms. The molecule has 1 aliphatic rings. The highest BCUT2D eigenvalue weighted by molar-refractivity contribution is 6.39. The average Bonchev–Trinajstić information content (AvgIpc) is 2.92. The molecule has 1 aliphatic heterocycles. The van der Waals surface area contributed by atoms with Crippen molar-refractivity contribution in [3.8, 4) is 11.5 Å². The van der Waals surface area contributed by atoms with Crippen LogP contribution < -0.4 is 25.0 Å². The predicted molar refractivity (Wildman–Crippen MR) is 145 cm³/mol. The molecule has 0 aliphatic carbocycles. The summed E-state index contributed by atoms with van der Waals surface area (Å²) in [5.74, 6) is -2.93. The number of hydrogen-bond acceptors (Lipinski definition) is 8. The summed E-state index contributed by atoms with van der Waals surface area (Å²) in [5.41, 5.74) is -0.363. The molecule has 0 unspecified atom stereocenters. The molecule has 2 N–H and O–H groups in total. The number of carbonyl (C=O) groups excluding carboxylic acids is 4. The van der Waals surface area contributed by atoms with Crippen LogP contribution in [0.1, 0.15) is 12.5 Å². The first-order valence-corrected chi connectivity index (χ1v) is 12.3. The molecule has 0 atom stereocenters. The number of hydrogen-bond donors (Lipinski definition) is 2. The topological polar surface area (TPSA) is 157 Å². The van der Waals surface area contributed by atoms with Crippen molar-refractivity contribution in [2.45, 2.75) is 6.92 Å². The van der Waals surface area contributed by atoms with Gasteiger partial charge in [0.1, 0.15) is 11.4 Å². The fourth-order valence-electron chi connectivity index (χ4n) is 3.75. The summed E-state index contributed by atoms with van der Waals surface area (Å²) >= 11 is 6.40. The van der Waals surface area contributed by atoms with Crippen molar-refractivity contribution >= 4 is 58.5 Å². The molecule has 5 amide bonds. The molecule has 0 radical (unpaired) electrons. The molecule has 14 heteroatoms. The first-order chi connectivity index (χ1) is 19.6. The summed E-state index contributed by atoms with van der Waals surface area (Å²) in [6.45, 7) is 1.38. The number of ether oxygens (including phenoxy) is 2. The van der Waals surface area contributed by atoms with Crippen LogP contribution in [0.4, 0.5) is 26.2 Å². The summed E-state index contributed by atoms with van der Waals surface area (Å²) in [6.07, 6.45) is 1.16. The number of halogens is 2. The quantitative estimate of drug-likeness (QED) is 0.162. The van der Waals surface area contributed by atoms with Crippen LogP contribution in [0.25, 0.3) is 6.08 Å². The minimum atomic E-state index is -1.08. The standard InChI is InChI=1S/C27H20ClFN4O8/c1-2-40-22-12-15(11-21(28)24(22)41-14-23(34)30-17-8-6-16(29)7-9-17)10-20-25(35)31-27(37)32(26(20)36)18-4-3-5-19(13-18)33(38)39/h3-13H,2,14H2,1H3,(H,30,34)(H,31,35,37)/b20-10-. The van der Waals surface area contributed by atoms with Crippen molar-refractivity contribution in [2.75, 3.05) is 23.4 Å². The largest absolute Gasteiger partial charge is 0.490 e. The third-order valence-electron chi connectivity index (χ3n) is 5.52. The molecule has 3 aromatic rings. The monoisotopic (exact) mass is 582 g/mol. The highest BCUT2D eigenvalue weighted by Crippen LogP contribution is 2.38. The number of urea groups is 1. The Labute approximate surface area is 236 Å². The molecule has 1 heterocycles. The second kappa shape index (κ2) is 12.3. The number of imide groups is 2. The first-order valence-electron chi connectivity index (χ1n) is 11.9. The van der Waals surface area contributed by atoms with Gasteiger partial charge >= 0.3 is 6.03 Å². The Bertz CT molecular complexity index is 1590. The van der Waals surface area contributed by atoms with Gasteiger partial charge in [0.05, 0.1) is 22.2 Å². The zero-order valence-electron chi connectivity index (χ0n) is 21.2. The third-order valence-corrected chi connectivity index (χ3v) is 5.80. The number of barbiturate groups is 1. The molecule has 0 spiro atoms. The van der Waals surface area contributed by atoms with E-state index in [2.05, 4.69) is 5.32 Å². The van der Waals surface area contributed by atoms with Crippen LogP contribution in [0.2, 0.25) is 5.02 Å². The van der Waals surface area contributed by atoms with Gasteiger partial charge in [-0.15, -0.1) is 0 Å². The summed E-state index contributed by atoms with van der Waals surface area (Å²) in [6, 6.07) is 11.6. The lowest BCUT2D eigenvalue weighted by Crippen LogP contribution is -2.54. The van der Waals surface area contributed by atoms with Gasteiger partial charge in [0.2, 0.25) is 0 Å². The van der Waals surface area contributed by atoms with Crippen LogP contribution >= 0.6 is 11.6 Å². The Kier molecular flexibility index (Phi) is 8.58. The van der Waals surface area contributed by atoms with E-state index in [-0.39, 0.29) is 40.1 Å². The van der Waals surface area contributed by atoms with Crippen LogP contribution in [-0.4, -0.2) is 41.9 Å². The number of nitro benzene ring substituents is 1. The van der Waals surface area contributed by atoms with Crippen molar-refractivity contribution in [1.82, 2.24) is 5.32 Å². The van der Waals surface area contributed by atoms with E-state index in [4.69, 9.17) is 21.1 Å². The Morgan fingerprint density at radius 2 is 1.85 bits per heavy atom. The molecule has 0 saturated carbocycles. The summed E-state index contributed by atoms with van der Waals surface area (Å²) in [4.78, 5) is 61.6. The second-order valence-electron chi connectivity index (χ2n) is 8.34. The molecule has 12 nitrogen and oxygen atoms in total. The van der Waals surface area contributed by atoms with Gasteiger partial charge in [0.15, 0.2) is 18.1 Å². The number of non-ortho nitro benzene ring substituents is 1. The number of rotatable bonds is 9. The zero-order chi connectivity index (χ0) is 29.7. The van der Waals surface area contributed by atoms with E-state index in [1.54, 1.807) is 6.92 Å². The second-order valence-corrected chi connectivity index (χ2v) is 8.75. The Morgan fingerprint density at radius 3 is 2.54 bits per heavy atom. The van der Waals surface area contributed by atoms with Gasteiger partial charge in [0.25, 0.3) is 23.4 Å². The average molecular weight is 583 g/mol. The van der Waals surface area contributed by atoms with Crippen LogP contribution in [-0.2, 0) is 14.4 Å². The van der Waals surface area contributed by atoms with E-state index < -0.39 is 46.7 Å². The normalized spacial score (nSPS) is 14.1. The molecule has 3 aromatic carbocycles. The predicted octanol–water partition coefficient (Wildman–Crippen LogP) is 4.47. The highest BCUT2D eigenvalue weighted by atomic mass is 35.5. The number of benzene rings is 3. The van der Waals surface area contributed by atoms with Gasteiger partial charge in [-0.2, -0.15) is 0 Å². The SMILES string of the molecule is CCOc1cc(/C=C2/C(=O)NC(=O)N(c3cccc([N+](=O)[O-])c3)C2=O)cc(Cl)c1OCC(=O)Nc1ccc(F)cc1. The minimum Gasteiger partial charge on any atom is -0.490 e. The van der Waals surface area contributed by atoms with Crippen LogP contribution in [0.3, 0.4) is 0 Å². The van der Waals surface area contributed by atoms with Crippen molar-refractivity contribution in [2.24, 2.45) is 0 Å². The van der Waals surface area contributed by atoms with E-state index in [0.29, 0.717) is 10.6 Å². The Hall–Kier alpha value is -5.30. The van der Waals surface area contributed by atoms with Crippen molar-refractivity contribution < 1.29 is 38.0 Å². The zero-order valence-corrected chi connectivity index (χ0v) is 21.9. The Morgan fingerprint density at radius 1 is 1.12 bits per heavy atom. The lowest BCUT2D eigenvalue weighted by atomic mass is 10.1. The summed E-state index contributed by atoms with van der Waals surface area (Å²) < 4.78 is 24.2. The lowest BCUT2D eigenvalue weighted by molar-refractivity contribution is -0.384. The van der Waals surface area contributed by atoms with E-state index in [9.17, 15) is 33.7 Å².